The minimum Gasteiger partial charge on any atom is -0.476 e. The number of aromatic carboxylic acids is 1. The summed E-state index contributed by atoms with van der Waals surface area (Å²) < 4.78 is 1.65. The maximum Gasteiger partial charge on any atom is 0.355 e. The van der Waals surface area contributed by atoms with Crippen LogP contribution in [0.3, 0.4) is 0 Å². The molecular weight excluding hydrogens is 252 g/mol. The SMILES string of the molecule is Cc1cccc(=O)n1CCc1nc(C(=O)O)cs1. The predicted octanol–water partition coefficient (Wildman–Crippen LogP) is 1.55. The minimum atomic E-state index is -1.02. The number of rotatable bonds is 4. The van der Waals surface area contributed by atoms with Gasteiger partial charge in [-0.25, -0.2) is 9.78 Å². The molecule has 2 aromatic rings. The molecule has 2 aromatic heterocycles. The third-order valence-electron chi connectivity index (χ3n) is 2.59. The molecule has 0 spiro atoms. The normalized spacial score (nSPS) is 10.5. The Bertz CT molecular complexity index is 630. The fourth-order valence-electron chi connectivity index (χ4n) is 1.64. The number of carboxylic acids is 1. The monoisotopic (exact) mass is 264 g/mol. The summed E-state index contributed by atoms with van der Waals surface area (Å²) in [6.07, 6.45) is 0.558. The van der Waals surface area contributed by atoms with Crippen LogP contribution in [-0.4, -0.2) is 20.6 Å². The zero-order valence-corrected chi connectivity index (χ0v) is 10.6. The Labute approximate surface area is 107 Å². The molecule has 1 N–H and O–H groups in total. The fraction of sp³-hybridized carbons (Fsp3) is 0.250. The summed E-state index contributed by atoms with van der Waals surface area (Å²) in [5.74, 6) is -1.02. The van der Waals surface area contributed by atoms with Crippen LogP contribution in [0, 0.1) is 6.92 Å². The molecule has 0 atom stereocenters. The van der Waals surface area contributed by atoms with E-state index < -0.39 is 5.97 Å². The first-order valence-electron chi connectivity index (χ1n) is 5.42. The van der Waals surface area contributed by atoms with E-state index in [2.05, 4.69) is 4.98 Å². The van der Waals surface area contributed by atoms with E-state index in [1.165, 1.54) is 22.8 Å². The third-order valence-corrected chi connectivity index (χ3v) is 3.50. The largest absolute Gasteiger partial charge is 0.476 e. The molecule has 18 heavy (non-hydrogen) atoms. The van der Waals surface area contributed by atoms with Crippen molar-refractivity contribution in [2.45, 2.75) is 19.9 Å². The van der Waals surface area contributed by atoms with Crippen LogP contribution >= 0.6 is 11.3 Å². The van der Waals surface area contributed by atoms with Gasteiger partial charge in [-0.15, -0.1) is 11.3 Å². The van der Waals surface area contributed by atoms with Gasteiger partial charge in [-0.3, -0.25) is 4.79 Å². The van der Waals surface area contributed by atoms with Crippen molar-refractivity contribution in [3.63, 3.8) is 0 Å². The second-order valence-corrected chi connectivity index (χ2v) is 4.78. The molecule has 94 valence electrons. The zero-order chi connectivity index (χ0) is 13.1. The van der Waals surface area contributed by atoms with Gasteiger partial charge in [-0.1, -0.05) is 6.07 Å². The summed E-state index contributed by atoms with van der Waals surface area (Å²) in [5.41, 5.74) is 0.898. The molecule has 0 unspecified atom stereocenters. The van der Waals surface area contributed by atoms with Crippen molar-refractivity contribution in [2.75, 3.05) is 0 Å². The van der Waals surface area contributed by atoms with E-state index in [4.69, 9.17) is 5.11 Å². The lowest BCUT2D eigenvalue weighted by atomic mass is 10.3. The first kappa shape index (κ1) is 12.5. The number of thiazole rings is 1. The molecule has 0 saturated carbocycles. The highest BCUT2D eigenvalue weighted by Crippen LogP contribution is 2.11. The van der Waals surface area contributed by atoms with E-state index in [1.807, 2.05) is 13.0 Å². The average Bonchev–Trinajstić information content (AvgIpc) is 2.77. The number of hydrogen-bond donors (Lipinski definition) is 1. The van der Waals surface area contributed by atoms with Gasteiger partial charge < -0.3 is 9.67 Å². The number of pyridine rings is 1. The summed E-state index contributed by atoms with van der Waals surface area (Å²) >= 11 is 1.30. The zero-order valence-electron chi connectivity index (χ0n) is 9.79. The number of aryl methyl sites for hydroxylation is 2. The Hall–Kier alpha value is -1.95. The lowest BCUT2D eigenvalue weighted by molar-refractivity contribution is 0.0691. The lowest BCUT2D eigenvalue weighted by Crippen LogP contribution is -2.21. The van der Waals surface area contributed by atoms with Crippen LogP contribution in [0.4, 0.5) is 0 Å². The van der Waals surface area contributed by atoms with Gasteiger partial charge >= 0.3 is 5.97 Å². The Morgan fingerprint density at radius 3 is 2.89 bits per heavy atom. The van der Waals surface area contributed by atoms with Crippen LogP contribution in [-0.2, 0) is 13.0 Å². The number of nitrogens with zero attached hydrogens (tertiary/aromatic N) is 2. The van der Waals surface area contributed by atoms with Crippen molar-refractivity contribution < 1.29 is 9.90 Å². The Balaban J connectivity index is 2.11. The van der Waals surface area contributed by atoms with Gasteiger partial charge in [-0.2, -0.15) is 0 Å². The van der Waals surface area contributed by atoms with E-state index >= 15 is 0 Å². The summed E-state index contributed by atoms with van der Waals surface area (Å²) in [6.45, 7) is 2.38. The molecule has 0 amide bonds. The molecule has 0 bridgehead atoms. The molecule has 0 aromatic carbocycles. The highest BCUT2D eigenvalue weighted by Gasteiger charge is 2.09. The van der Waals surface area contributed by atoms with Crippen molar-refractivity contribution >= 4 is 17.3 Å². The molecule has 0 fully saturated rings. The minimum absolute atomic E-state index is 0.0509. The van der Waals surface area contributed by atoms with Gasteiger partial charge in [0.05, 0.1) is 5.01 Å². The number of aromatic nitrogens is 2. The molecule has 5 nitrogen and oxygen atoms in total. The summed E-state index contributed by atoms with van der Waals surface area (Å²) in [4.78, 5) is 26.3. The first-order chi connectivity index (χ1) is 8.58. The number of hydrogen-bond acceptors (Lipinski definition) is 4. The van der Waals surface area contributed by atoms with Crippen LogP contribution in [0.25, 0.3) is 0 Å². The fourth-order valence-corrected chi connectivity index (χ4v) is 2.40. The van der Waals surface area contributed by atoms with Crippen molar-refractivity contribution in [2.24, 2.45) is 0 Å². The molecule has 2 heterocycles. The molecule has 0 aliphatic rings. The van der Waals surface area contributed by atoms with Gasteiger partial charge in [0, 0.05) is 30.1 Å². The quantitative estimate of drug-likeness (QED) is 0.909. The van der Waals surface area contributed by atoms with E-state index in [1.54, 1.807) is 10.6 Å². The van der Waals surface area contributed by atoms with E-state index in [0.717, 1.165) is 10.7 Å². The molecule has 2 rings (SSSR count). The van der Waals surface area contributed by atoms with Crippen molar-refractivity contribution in [3.05, 3.63) is 50.3 Å². The smallest absolute Gasteiger partial charge is 0.355 e. The summed E-state index contributed by atoms with van der Waals surface area (Å²) in [6, 6.07) is 5.10. The van der Waals surface area contributed by atoms with Gasteiger partial charge in [-0.05, 0) is 13.0 Å². The number of carbonyl (C=O) groups is 1. The van der Waals surface area contributed by atoms with Crippen molar-refractivity contribution in [3.8, 4) is 0 Å². The van der Waals surface area contributed by atoms with Crippen LogP contribution < -0.4 is 5.56 Å². The Kier molecular flexibility index (Phi) is 3.57. The molecule has 0 aliphatic heterocycles. The average molecular weight is 264 g/mol. The highest BCUT2D eigenvalue weighted by atomic mass is 32.1. The van der Waals surface area contributed by atoms with Crippen LogP contribution in [0.15, 0.2) is 28.4 Å². The second-order valence-electron chi connectivity index (χ2n) is 3.84. The van der Waals surface area contributed by atoms with Gasteiger partial charge in [0.2, 0.25) is 0 Å². The molecular formula is C12H12N2O3S. The van der Waals surface area contributed by atoms with Crippen LogP contribution in [0.5, 0.6) is 0 Å². The number of carboxylic acid groups (broad SMARTS) is 1. The third kappa shape index (κ3) is 2.65. The maximum atomic E-state index is 11.6. The van der Waals surface area contributed by atoms with Gasteiger partial charge in [0.15, 0.2) is 5.69 Å². The lowest BCUT2D eigenvalue weighted by Gasteiger charge is -2.07. The van der Waals surface area contributed by atoms with Crippen LogP contribution in [0.2, 0.25) is 0 Å². The standard InChI is InChI=1S/C12H12N2O3S/c1-8-3-2-4-11(15)14(8)6-5-10-13-9(7-18-10)12(16)17/h2-4,7H,5-6H2,1H3,(H,16,17). The second kappa shape index (κ2) is 5.14. The first-order valence-corrected chi connectivity index (χ1v) is 6.30. The summed E-state index contributed by atoms with van der Waals surface area (Å²) in [7, 11) is 0. The predicted molar refractivity (Wildman–Crippen MR) is 68.2 cm³/mol. The van der Waals surface area contributed by atoms with Gasteiger partial charge in [0.25, 0.3) is 5.56 Å². The summed E-state index contributed by atoms with van der Waals surface area (Å²) in [5, 5.41) is 11.0. The maximum absolute atomic E-state index is 11.6. The van der Waals surface area contributed by atoms with Crippen molar-refractivity contribution in [1.29, 1.82) is 0 Å². The van der Waals surface area contributed by atoms with Crippen molar-refractivity contribution in [1.82, 2.24) is 9.55 Å². The molecule has 0 aliphatic carbocycles. The topological polar surface area (TPSA) is 72.2 Å². The van der Waals surface area contributed by atoms with Crippen LogP contribution in [0.1, 0.15) is 21.2 Å². The van der Waals surface area contributed by atoms with E-state index in [0.29, 0.717) is 13.0 Å². The molecule has 0 saturated heterocycles. The van der Waals surface area contributed by atoms with E-state index in [-0.39, 0.29) is 11.3 Å². The van der Waals surface area contributed by atoms with E-state index in [9.17, 15) is 9.59 Å². The Morgan fingerprint density at radius 2 is 2.28 bits per heavy atom. The van der Waals surface area contributed by atoms with Gasteiger partial charge in [0.1, 0.15) is 0 Å². The Morgan fingerprint density at radius 1 is 1.50 bits per heavy atom. The highest BCUT2D eigenvalue weighted by molar-refractivity contribution is 7.09. The molecule has 0 radical (unpaired) electrons. The molecule has 6 heteroatoms.